The lowest BCUT2D eigenvalue weighted by atomic mass is 10.0. The molecule has 7 heteroatoms. The Kier molecular flexibility index (Phi) is 6.91. The van der Waals surface area contributed by atoms with Crippen LogP contribution < -0.4 is 9.64 Å². The molecule has 0 fully saturated rings. The molecular formula is C26H28N2O4S. The van der Waals surface area contributed by atoms with Crippen LogP contribution in [0.15, 0.2) is 65.6 Å². The molecule has 1 heterocycles. The van der Waals surface area contributed by atoms with Crippen molar-refractivity contribution in [3.63, 3.8) is 0 Å². The fraction of sp³-hybridized carbons (Fsp3) is 0.308. The fourth-order valence-electron chi connectivity index (χ4n) is 4.07. The van der Waals surface area contributed by atoms with Gasteiger partial charge in [-0.2, -0.15) is 0 Å². The van der Waals surface area contributed by atoms with E-state index in [1.165, 1.54) is 6.92 Å². The first-order valence-corrected chi connectivity index (χ1v) is 11.7. The van der Waals surface area contributed by atoms with Gasteiger partial charge >= 0.3 is 5.97 Å². The molecule has 0 aliphatic carbocycles. The molecule has 3 aromatic rings. The predicted octanol–water partition coefficient (Wildman–Crippen LogP) is 4.52. The zero-order valence-electron chi connectivity index (χ0n) is 19.3. The summed E-state index contributed by atoms with van der Waals surface area (Å²) in [5.74, 6) is 0.0273. The Morgan fingerprint density at radius 1 is 1.06 bits per heavy atom. The van der Waals surface area contributed by atoms with E-state index in [0.717, 1.165) is 32.7 Å². The molecular weight excluding hydrogens is 436 g/mol. The number of hydrogen-bond donors (Lipinski definition) is 0. The summed E-state index contributed by atoms with van der Waals surface area (Å²) in [6.07, 6.45) is -0.966. The molecule has 3 aromatic carbocycles. The number of thioether (sulfide) groups is 1. The maximum absolute atomic E-state index is 14.0. The molecule has 33 heavy (non-hydrogen) atoms. The summed E-state index contributed by atoms with van der Waals surface area (Å²) in [5.41, 5.74) is 1.73. The summed E-state index contributed by atoms with van der Waals surface area (Å²) in [4.78, 5) is 31.0. The van der Waals surface area contributed by atoms with Crippen LogP contribution in [0.2, 0.25) is 0 Å². The molecule has 1 aliphatic rings. The van der Waals surface area contributed by atoms with Gasteiger partial charge < -0.3 is 19.3 Å². The molecule has 6 nitrogen and oxygen atoms in total. The van der Waals surface area contributed by atoms with Crippen molar-refractivity contribution < 1.29 is 19.1 Å². The van der Waals surface area contributed by atoms with Crippen LogP contribution in [0.25, 0.3) is 10.8 Å². The SMILES string of the molecule is COc1ccc([C@@H]2Sc3cccc4cccc(c34)N(CCN(C)C)C(=O)[C@@H]2OC(C)=O)cc1. The largest absolute Gasteiger partial charge is 0.497 e. The van der Waals surface area contributed by atoms with Crippen LogP contribution in [0, 0.1) is 0 Å². The Hall–Kier alpha value is -3.03. The summed E-state index contributed by atoms with van der Waals surface area (Å²) in [5, 5.41) is 1.70. The molecule has 0 N–H and O–H groups in total. The second-order valence-electron chi connectivity index (χ2n) is 8.27. The van der Waals surface area contributed by atoms with Gasteiger partial charge in [0.05, 0.1) is 18.0 Å². The minimum atomic E-state index is -0.966. The number of ether oxygens (including phenoxy) is 2. The summed E-state index contributed by atoms with van der Waals surface area (Å²) in [7, 11) is 5.57. The molecule has 0 unspecified atom stereocenters. The smallest absolute Gasteiger partial charge is 0.303 e. The highest BCUT2D eigenvalue weighted by molar-refractivity contribution is 7.99. The van der Waals surface area contributed by atoms with Crippen molar-refractivity contribution >= 4 is 40.1 Å². The lowest BCUT2D eigenvalue weighted by Gasteiger charge is -2.35. The van der Waals surface area contributed by atoms with Gasteiger partial charge in [0.1, 0.15) is 5.75 Å². The summed E-state index contributed by atoms with van der Waals surface area (Å²) < 4.78 is 11.0. The molecule has 4 rings (SSSR count). The first-order chi connectivity index (χ1) is 15.9. The van der Waals surface area contributed by atoms with Crippen LogP contribution in [0.1, 0.15) is 17.7 Å². The van der Waals surface area contributed by atoms with Crippen LogP contribution >= 0.6 is 11.8 Å². The van der Waals surface area contributed by atoms with E-state index in [4.69, 9.17) is 9.47 Å². The third-order valence-corrected chi connectivity index (χ3v) is 7.05. The molecule has 1 amide bonds. The van der Waals surface area contributed by atoms with Gasteiger partial charge in [0.25, 0.3) is 5.91 Å². The Balaban J connectivity index is 1.91. The number of hydrogen-bond acceptors (Lipinski definition) is 6. The van der Waals surface area contributed by atoms with Gasteiger partial charge in [-0.05, 0) is 49.3 Å². The normalized spacial score (nSPS) is 18.2. The number of nitrogens with zero attached hydrogens (tertiary/aromatic N) is 2. The number of anilines is 1. The Labute approximate surface area is 198 Å². The number of carbonyl (C=O) groups excluding carboxylic acids is 2. The van der Waals surface area contributed by atoms with Gasteiger partial charge in [-0.15, -0.1) is 11.8 Å². The molecule has 172 valence electrons. The van der Waals surface area contributed by atoms with Gasteiger partial charge in [-0.25, -0.2) is 0 Å². The molecule has 1 aliphatic heterocycles. The van der Waals surface area contributed by atoms with Crippen LogP contribution in [0.3, 0.4) is 0 Å². The lowest BCUT2D eigenvalue weighted by molar-refractivity contribution is -0.152. The average Bonchev–Trinajstić information content (AvgIpc) is 2.80. The van der Waals surface area contributed by atoms with Gasteiger partial charge in [-0.1, -0.05) is 36.4 Å². The highest BCUT2D eigenvalue weighted by Crippen LogP contribution is 2.47. The summed E-state index contributed by atoms with van der Waals surface area (Å²) in [6, 6.07) is 19.7. The van der Waals surface area contributed by atoms with E-state index in [0.29, 0.717) is 13.1 Å². The van der Waals surface area contributed by atoms with Crippen molar-refractivity contribution in [1.82, 2.24) is 4.90 Å². The number of amides is 1. The van der Waals surface area contributed by atoms with Crippen molar-refractivity contribution in [1.29, 1.82) is 0 Å². The molecule has 2 atom stereocenters. The quantitative estimate of drug-likeness (QED) is 0.500. The molecule has 0 saturated heterocycles. The minimum absolute atomic E-state index is 0.220. The highest BCUT2D eigenvalue weighted by Gasteiger charge is 2.39. The van der Waals surface area contributed by atoms with Crippen molar-refractivity contribution in [3.8, 4) is 5.75 Å². The first-order valence-electron chi connectivity index (χ1n) is 10.8. The predicted molar refractivity (Wildman–Crippen MR) is 132 cm³/mol. The molecule has 0 spiro atoms. The molecule has 0 aromatic heterocycles. The van der Waals surface area contributed by atoms with Gasteiger partial charge in [-0.3, -0.25) is 9.59 Å². The van der Waals surface area contributed by atoms with E-state index in [1.54, 1.807) is 23.8 Å². The molecule has 0 radical (unpaired) electrons. The number of rotatable bonds is 6. The molecule has 0 saturated carbocycles. The Morgan fingerprint density at radius 2 is 1.76 bits per heavy atom. The van der Waals surface area contributed by atoms with Crippen molar-refractivity contribution in [2.75, 3.05) is 39.2 Å². The number of benzene rings is 3. The number of esters is 1. The van der Waals surface area contributed by atoms with Crippen molar-refractivity contribution in [2.24, 2.45) is 0 Å². The number of likely N-dealkylation sites (N-methyl/N-ethyl adjacent to an activating group) is 1. The molecule has 0 bridgehead atoms. The topological polar surface area (TPSA) is 59.1 Å². The van der Waals surface area contributed by atoms with E-state index >= 15 is 0 Å². The third-order valence-electron chi connectivity index (χ3n) is 5.68. The van der Waals surface area contributed by atoms with Gasteiger partial charge in [0.2, 0.25) is 0 Å². The zero-order valence-corrected chi connectivity index (χ0v) is 20.1. The Bertz CT molecular complexity index is 1160. The maximum atomic E-state index is 14.0. The van der Waals surface area contributed by atoms with Gasteiger partial charge in [0, 0.05) is 30.3 Å². The average molecular weight is 465 g/mol. The van der Waals surface area contributed by atoms with E-state index in [2.05, 4.69) is 18.2 Å². The zero-order chi connectivity index (χ0) is 23.5. The van der Waals surface area contributed by atoms with Crippen LogP contribution in [0.5, 0.6) is 5.75 Å². The monoisotopic (exact) mass is 464 g/mol. The summed E-state index contributed by atoms with van der Waals surface area (Å²) >= 11 is 1.55. The number of carbonyl (C=O) groups is 2. The lowest BCUT2D eigenvalue weighted by Crippen LogP contribution is -2.46. The summed E-state index contributed by atoms with van der Waals surface area (Å²) in [6.45, 7) is 2.51. The van der Waals surface area contributed by atoms with Crippen molar-refractivity contribution in [2.45, 2.75) is 23.2 Å². The third kappa shape index (κ3) is 4.84. The van der Waals surface area contributed by atoms with Crippen LogP contribution in [0.4, 0.5) is 5.69 Å². The van der Waals surface area contributed by atoms with E-state index in [-0.39, 0.29) is 5.91 Å². The van der Waals surface area contributed by atoms with E-state index < -0.39 is 17.3 Å². The van der Waals surface area contributed by atoms with Crippen LogP contribution in [-0.2, 0) is 14.3 Å². The first kappa shape index (κ1) is 23.1. The highest BCUT2D eigenvalue weighted by atomic mass is 32.2. The fourth-order valence-corrected chi connectivity index (χ4v) is 5.43. The number of methoxy groups -OCH3 is 1. The maximum Gasteiger partial charge on any atom is 0.303 e. The standard InChI is InChI=1S/C26H28N2O4S/c1-17(29)32-24-25(19-11-13-20(31-4)14-12-19)33-22-10-6-8-18-7-5-9-21(23(18)22)28(26(24)30)16-15-27(2)3/h5-14,24-25H,15-16H2,1-4H3/t24-,25+/m1/s1. The minimum Gasteiger partial charge on any atom is -0.497 e. The van der Waals surface area contributed by atoms with Crippen molar-refractivity contribution in [3.05, 3.63) is 66.2 Å². The second kappa shape index (κ2) is 9.85. The van der Waals surface area contributed by atoms with E-state index in [1.807, 2.05) is 61.5 Å². The Morgan fingerprint density at radius 3 is 2.39 bits per heavy atom. The van der Waals surface area contributed by atoms with Gasteiger partial charge in [0.15, 0.2) is 6.10 Å². The second-order valence-corrected chi connectivity index (χ2v) is 9.45. The van der Waals surface area contributed by atoms with E-state index in [9.17, 15) is 9.59 Å². The van der Waals surface area contributed by atoms with Crippen LogP contribution in [-0.4, -0.2) is 57.2 Å².